The average molecular weight is 294 g/mol. The number of aromatic nitrogens is 3. The predicted molar refractivity (Wildman–Crippen MR) is 87.9 cm³/mol. The van der Waals surface area contributed by atoms with Gasteiger partial charge in [0.25, 0.3) is 0 Å². The van der Waals surface area contributed by atoms with Crippen LogP contribution in [0.15, 0.2) is 55.1 Å². The quantitative estimate of drug-likeness (QED) is 0.579. The number of allylic oxidation sites excluding steroid dienone is 1. The van der Waals surface area contributed by atoms with Crippen molar-refractivity contribution >= 4 is 16.7 Å². The fourth-order valence-corrected chi connectivity index (χ4v) is 2.60. The highest BCUT2D eigenvalue weighted by Gasteiger charge is 2.19. The van der Waals surface area contributed by atoms with Crippen molar-refractivity contribution in [3.63, 3.8) is 0 Å². The van der Waals surface area contributed by atoms with E-state index in [9.17, 15) is 0 Å². The van der Waals surface area contributed by atoms with Gasteiger partial charge in [0, 0.05) is 11.3 Å². The summed E-state index contributed by atoms with van der Waals surface area (Å²) < 4.78 is 7.21. The summed E-state index contributed by atoms with van der Waals surface area (Å²) in [5.74, 6) is 0.766. The van der Waals surface area contributed by atoms with E-state index in [2.05, 4.69) is 16.9 Å². The molecule has 0 aliphatic heterocycles. The second-order valence-corrected chi connectivity index (χ2v) is 5.06. The van der Waals surface area contributed by atoms with Gasteiger partial charge in [-0.05, 0) is 36.8 Å². The van der Waals surface area contributed by atoms with E-state index in [1.165, 1.54) is 0 Å². The summed E-state index contributed by atoms with van der Waals surface area (Å²) in [4.78, 5) is 0. The van der Waals surface area contributed by atoms with Gasteiger partial charge < -0.3 is 10.5 Å². The lowest BCUT2D eigenvalue weighted by atomic mass is 10.0. The molecule has 112 valence electrons. The Bertz CT molecular complexity index is 809. The fourth-order valence-electron chi connectivity index (χ4n) is 2.60. The van der Waals surface area contributed by atoms with E-state index in [-0.39, 0.29) is 6.04 Å². The van der Waals surface area contributed by atoms with Crippen molar-refractivity contribution in [3.8, 4) is 5.75 Å². The minimum Gasteiger partial charge on any atom is -0.497 e. The Kier molecular flexibility index (Phi) is 3.78. The topological polar surface area (TPSA) is 66.0 Å². The molecule has 0 saturated heterocycles. The first-order valence-electron chi connectivity index (χ1n) is 7.09. The standard InChI is InChI=1S/C17H18N4O/c1-3-6-16(13-11-12(22-2)9-10-14(13)18)21-17-8-5-4-7-15(17)19-20-21/h3-5,7-11,16H,1,6,18H2,2H3. The maximum atomic E-state index is 6.17. The summed E-state index contributed by atoms with van der Waals surface area (Å²) >= 11 is 0. The van der Waals surface area contributed by atoms with Gasteiger partial charge in [-0.15, -0.1) is 11.7 Å². The van der Waals surface area contributed by atoms with Crippen LogP contribution in [0.5, 0.6) is 5.75 Å². The average Bonchev–Trinajstić information content (AvgIpc) is 2.97. The largest absolute Gasteiger partial charge is 0.497 e. The van der Waals surface area contributed by atoms with Crippen LogP contribution in [0.2, 0.25) is 0 Å². The molecule has 3 aromatic rings. The highest BCUT2D eigenvalue weighted by Crippen LogP contribution is 2.32. The molecule has 3 rings (SSSR count). The molecule has 1 atom stereocenters. The van der Waals surface area contributed by atoms with Crippen LogP contribution in [0.4, 0.5) is 5.69 Å². The molecular weight excluding hydrogens is 276 g/mol. The number of hydrogen-bond donors (Lipinski definition) is 1. The van der Waals surface area contributed by atoms with Crippen molar-refractivity contribution < 1.29 is 4.74 Å². The molecule has 0 spiro atoms. The number of methoxy groups -OCH3 is 1. The molecule has 2 aromatic carbocycles. The zero-order valence-corrected chi connectivity index (χ0v) is 12.4. The number of para-hydroxylation sites is 1. The predicted octanol–water partition coefficient (Wildman–Crippen LogP) is 3.19. The molecule has 22 heavy (non-hydrogen) atoms. The summed E-state index contributed by atoms with van der Waals surface area (Å²) in [6.45, 7) is 3.85. The third-order valence-corrected chi connectivity index (χ3v) is 3.72. The van der Waals surface area contributed by atoms with Crippen molar-refractivity contribution in [1.82, 2.24) is 15.0 Å². The highest BCUT2D eigenvalue weighted by atomic mass is 16.5. The number of ether oxygens (including phenoxy) is 1. The Morgan fingerprint density at radius 2 is 2.14 bits per heavy atom. The van der Waals surface area contributed by atoms with Crippen molar-refractivity contribution in [1.29, 1.82) is 0 Å². The maximum absolute atomic E-state index is 6.17. The van der Waals surface area contributed by atoms with Gasteiger partial charge in [0.15, 0.2) is 0 Å². The van der Waals surface area contributed by atoms with Crippen LogP contribution < -0.4 is 10.5 Å². The normalized spacial score (nSPS) is 12.2. The second-order valence-electron chi connectivity index (χ2n) is 5.06. The van der Waals surface area contributed by atoms with Crippen molar-refractivity contribution in [2.45, 2.75) is 12.5 Å². The van der Waals surface area contributed by atoms with Crippen LogP contribution >= 0.6 is 0 Å². The van der Waals surface area contributed by atoms with E-state index in [0.717, 1.165) is 22.3 Å². The monoisotopic (exact) mass is 294 g/mol. The molecule has 0 amide bonds. The molecule has 5 nitrogen and oxygen atoms in total. The second kappa shape index (κ2) is 5.89. The Hall–Kier alpha value is -2.82. The van der Waals surface area contributed by atoms with E-state index >= 15 is 0 Å². The molecule has 0 aliphatic carbocycles. The SMILES string of the molecule is C=CCC(c1cc(OC)ccc1N)n1nnc2ccccc21. The zero-order chi connectivity index (χ0) is 15.5. The Morgan fingerprint density at radius 3 is 2.91 bits per heavy atom. The number of fused-ring (bicyclic) bond motifs is 1. The highest BCUT2D eigenvalue weighted by molar-refractivity contribution is 5.74. The first-order valence-corrected chi connectivity index (χ1v) is 7.09. The van der Waals surface area contributed by atoms with Crippen molar-refractivity contribution in [2.24, 2.45) is 0 Å². The lowest BCUT2D eigenvalue weighted by Crippen LogP contribution is -2.14. The van der Waals surface area contributed by atoms with Gasteiger partial charge in [0.2, 0.25) is 0 Å². The first kappa shape index (κ1) is 14.1. The summed E-state index contributed by atoms with van der Waals surface area (Å²) in [5.41, 5.74) is 9.66. The van der Waals surface area contributed by atoms with Gasteiger partial charge in [-0.2, -0.15) is 0 Å². The van der Waals surface area contributed by atoms with E-state index in [1.54, 1.807) is 7.11 Å². The number of nitrogen functional groups attached to an aromatic ring is 1. The number of nitrogens with two attached hydrogens (primary N) is 1. The lowest BCUT2D eigenvalue weighted by molar-refractivity contribution is 0.413. The number of benzene rings is 2. The van der Waals surface area contributed by atoms with E-state index < -0.39 is 0 Å². The van der Waals surface area contributed by atoms with E-state index in [4.69, 9.17) is 10.5 Å². The summed E-state index contributed by atoms with van der Waals surface area (Å²) in [6.07, 6.45) is 2.56. The molecule has 5 heteroatoms. The minimum absolute atomic E-state index is 0.0694. The lowest BCUT2D eigenvalue weighted by Gasteiger charge is -2.19. The third kappa shape index (κ3) is 2.41. The van der Waals surface area contributed by atoms with Gasteiger partial charge in [0.05, 0.1) is 18.7 Å². The van der Waals surface area contributed by atoms with Crippen LogP contribution in [-0.2, 0) is 0 Å². The Labute approximate surface area is 129 Å². The molecule has 0 saturated carbocycles. The van der Waals surface area contributed by atoms with Crippen molar-refractivity contribution in [2.75, 3.05) is 12.8 Å². The molecule has 1 unspecified atom stereocenters. The van der Waals surface area contributed by atoms with Crippen LogP contribution in [0.1, 0.15) is 18.0 Å². The number of hydrogen-bond acceptors (Lipinski definition) is 4. The van der Waals surface area contributed by atoms with Gasteiger partial charge in [-0.3, -0.25) is 0 Å². The molecule has 0 fully saturated rings. The van der Waals surface area contributed by atoms with E-state index in [0.29, 0.717) is 12.1 Å². The summed E-state index contributed by atoms with van der Waals surface area (Å²) in [7, 11) is 1.64. The smallest absolute Gasteiger partial charge is 0.119 e. The van der Waals surface area contributed by atoms with Crippen LogP contribution in [-0.4, -0.2) is 22.1 Å². The van der Waals surface area contributed by atoms with Crippen LogP contribution in [0, 0.1) is 0 Å². The summed E-state index contributed by atoms with van der Waals surface area (Å²) in [6, 6.07) is 13.4. The van der Waals surface area contributed by atoms with Gasteiger partial charge >= 0.3 is 0 Å². The Morgan fingerprint density at radius 1 is 1.32 bits per heavy atom. The fraction of sp³-hybridized carbons (Fsp3) is 0.176. The number of rotatable bonds is 5. The molecule has 1 aromatic heterocycles. The molecular formula is C17H18N4O. The molecule has 1 heterocycles. The van der Waals surface area contributed by atoms with Gasteiger partial charge in [-0.1, -0.05) is 23.4 Å². The van der Waals surface area contributed by atoms with Gasteiger partial charge in [0.1, 0.15) is 11.3 Å². The molecule has 0 radical (unpaired) electrons. The molecule has 0 aliphatic rings. The first-order chi connectivity index (χ1) is 10.7. The Balaban J connectivity index is 2.16. The molecule has 0 bridgehead atoms. The van der Waals surface area contributed by atoms with Crippen LogP contribution in [0.25, 0.3) is 11.0 Å². The third-order valence-electron chi connectivity index (χ3n) is 3.72. The minimum atomic E-state index is -0.0694. The molecule has 2 N–H and O–H groups in total. The van der Waals surface area contributed by atoms with Crippen molar-refractivity contribution in [3.05, 3.63) is 60.7 Å². The maximum Gasteiger partial charge on any atom is 0.119 e. The van der Waals surface area contributed by atoms with Crippen LogP contribution in [0.3, 0.4) is 0 Å². The summed E-state index contributed by atoms with van der Waals surface area (Å²) in [5, 5.41) is 8.54. The van der Waals surface area contributed by atoms with E-state index in [1.807, 2.05) is 53.2 Å². The number of nitrogens with zero attached hydrogens (tertiary/aromatic N) is 3. The zero-order valence-electron chi connectivity index (χ0n) is 12.4. The van der Waals surface area contributed by atoms with Gasteiger partial charge in [-0.25, -0.2) is 4.68 Å². The number of anilines is 1.